The van der Waals surface area contributed by atoms with Crippen LogP contribution in [-0.2, 0) is 25.0 Å². The minimum absolute atomic E-state index is 0.0381. The summed E-state index contributed by atoms with van der Waals surface area (Å²) in [6, 6.07) is 17.1. The van der Waals surface area contributed by atoms with Crippen LogP contribution >= 0.6 is 0 Å². The highest BCUT2D eigenvalue weighted by molar-refractivity contribution is 6.49. The average Bonchev–Trinajstić information content (AvgIpc) is 3.15. The van der Waals surface area contributed by atoms with Crippen LogP contribution < -0.4 is 4.74 Å². The summed E-state index contributed by atoms with van der Waals surface area (Å²) in [5.74, 6) is 0.978. The molecule has 2 aliphatic rings. The van der Waals surface area contributed by atoms with Crippen molar-refractivity contribution in [3.8, 4) is 5.75 Å². The van der Waals surface area contributed by atoms with E-state index in [1.165, 1.54) is 16.7 Å². The van der Waals surface area contributed by atoms with Crippen molar-refractivity contribution in [1.82, 2.24) is 0 Å². The third-order valence-electron chi connectivity index (χ3n) is 9.02. The molecule has 2 saturated heterocycles. The van der Waals surface area contributed by atoms with Gasteiger partial charge in [-0.1, -0.05) is 42.0 Å². The number of methoxy groups -OCH3 is 1. The number of benzene rings is 2. The summed E-state index contributed by atoms with van der Waals surface area (Å²) < 4.78 is 31.8. The largest absolute Gasteiger partial charge is 0.497 e. The van der Waals surface area contributed by atoms with E-state index < -0.39 is 11.2 Å². The lowest BCUT2D eigenvalue weighted by Gasteiger charge is -2.32. The molecule has 0 bridgehead atoms. The van der Waals surface area contributed by atoms with Gasteiger partial charge in [-0.15, -0.1) is 0 Å². The number of hydrogen-bond acceptors (Lipinski definition) is 5. The molecule has 2 aromatic rings. The van der Waals surface area contributed by atoms with E-state index in [1.54, 1.807) is 7.11 Å². The number of aryl methyl sites for hydroxylation is 1. The lowest BCUT2D eigenvalue weighted by Crippen LogP contribution is -2.41. The van der Waals surface area contributed by atoms with E-state index in [-0.39, 0.29) is 37.2 Å². The lowest BCUT2D eigenvalue weighted by atomic mass is 9.56. The van der Waals surface area contributed by atoms with Crippen LogP contribution in [-0.4, -0.2) is 43.8 Å². The third-order valence-corrected chi connectivity index (χ3v) is 9.02. The quantitative estimate of drug-likeness (QED) is 0.365. The second-order valence-corrected chi connectivity index (χ2v) is 12.8. The van der Waals surface area contributed by atoms with Crippen LogP contribution in [0.3, 0.4) is 0 Å². The Morgan fingerprint density at radius 2 is 1.19 bits per heavy atom. The molecule has 0 aromatic heterocycles. The second kappa shape index (κ2) is 10.1. The molecule has 2 atom stereocenters. The molecule has 2 fully saturated rings. The van der Waals surface area contributed by atoms with Crippen LogP contribution in [0, 0.1) is 6.92 Å². The molecule has 2 aromatic carbocycles. The molecular formula is C30H44B2O5. The molecule has 0 N–H and O–H groups in total. The Bertz CT molecular complexity index is 1030. The number of ether oxygens (including phenoxy) is 1. The second-order valence-electron chi connectivity index (χ2n) is 12.8. The average molecular weight is 506 g/mol. The van der Waals surface area contributed by atoms with Crippen LogP contribution in [0.4, 0.5) is 0 Å². The zero-order valence-corrected chi connectivity index (χ0v) is 24.4. The monoisotopic (exact) mass is 506 g/mol. The Morgan fingerprint density at radius 1 is 0.703 bits per heavy atom. The molecule has 0 amide bonds. The summed E-state index contributed by atoms with van der Waals surface area (Å²) in [6.45, 7) is 19.0. The van der Waals surface area contributed by atoms with Gasteiger partial charge in [0.25, 0.3) is 0 Å². The maximum absolute atomic E-state index is 6.69. The zero-order chi connectivity index (χ0) is 27.2. The first-order chi connectivity index (χ1) is 17.1. The Balaban J connectivity index is 1.73. The minimum Gasteiger partial charge on any atom is -0.497 e. The van der Waals surface area contributed by atoms with E-state index in [1.807, 2.05) is 12.1 Å². The molecule has 0 spiro atoms. The molecule has 0 radical (unpaired) electrons. The van der Waals surface area contributed by atoms with E-state index >= 15 is 0 Å². The van der Waals surface area contributed by atoms with Crippen LogP contribution in [0.25, 0.3) is 0 Å². The van der Waals surface area contributed by atoms with Gasteiger partial charge in [-0.05, 0) is 104 Å². The van der Waals surface area contributed by atoms with Gasteiger partial charge in [0, 0.05) is 5.82 Å². The molecule has 0 unspecified atom stereocenters. The van der Waals surface area contributed by atoms with Gasteiger partial charge in [0.05, 0.1) is 29.5 Å². The summed E-state index contributed by atoms with van der Waals surface area (Å²) in [5.41, 5.74) is 2.09. The fraction of sp³-hybridized carbons (Fsp3) is 0.600. The highest BCUT2D eigenvalue weighted by atomic mass is 16.7. The van der Waals surface area contributed by atoms with Crippen molar-refractivity contribution in [2.75, 3.05) is 7.11 Å². The predicted octanol–water partition coefficient (Wildman–Crippen LogP) is 6.88. The summed E-state index contributed by atoms with van der Waals surface area (Å²) >= 11 is 0. The van der Waals surface area contributed by atoms with Gasteiger partial charge in [-0.25, -0.2) is 0 Å². The van der Waals surface area contributed by atoms with E-state index in [0.717, 1.165) is 12.2 Å². The van der Waals surface area contributed by atoms with Gasteiger partial charge in [0.2, 0.25) is 0 Å². The maximum Gasteiger partial charge on any atom is 0.462 e. The first-order valence-electron chi connectivity index (χ1n) is 13.5. The van der Waals surface area contributed by atoms with Gasteiger partial charge in [0.15, 0.2) is 0 Å². The Kier molecular flexibility index (Phi) is 7.68. The summed E-state index contributed by atoms with van der Waals surface area (Å²) in [5, 5.41) is 0. The molecule has 37 heavy (non-hydrogen) atoms. The van der Waals surface area contributed by atoms with Gasteiger partial charge < -0.3 is 23.4 Å². The fourth-order valence-corrected chi connectivity index (χ4v) is 5.17. The minimum atomic E-state index is -0.419. The van der Waals surface area contributed by atoms with Crippen molar-refractivity contribution in [3.05, 3.63) is 65.2 Å². The van der Waals surface area contributed by atoms with Gasteiger partial charge in [-0.2, -0.15) is 0 Å². The van der Waals surface area contributed by atoms with Crippen LogP contribution in [0.15, 0.2) is 48.5 Å². The van der Waals surface area contributed by atoms with Crippen LogP contribution in [0.2, 0.25) is 12.1 Å². The predicted molar refractivity (Wildman–Crippen MR) is 151 cm³/mol. The Hall–Kier alpha value is -1.79. The molecule has 0 aliphatic carbocycles. The Morgan fingerprint density at radius 3 is 1.68 bits per heavy atom. The van der Waals surface area contributed by atoms with Crippen molar-refractivity contribution < 1.29 is 23.4 Å². The smallest absolute Gasteiger partial charge is 0.462 e. The highest BCUT2D eigenvalue weighted by Crippen LogP contribution is 2.49. The van der Waals surface area contributed by atoms with E-state index in [4.69, 9.17) is 23.4 Å². The van der Waals surface area contributed by atoms with E-state index in [9.17, 15) is 0 Å². The first-order valence-corrected chi connectivity index (χ1v) is 13.5. The van der Waals surface area contributed by atoms with Crippen LogP contribution in [0.1, 0.15) is 78.0 Å². The van der Waals surface area contributed by atoms with E-state index in [2.05, 4.69) is 98.7 Å². The third kappa shape index (κ3) is 5.80. The molecular weight excluding hydrogens is 462 g/mol. The number of hydrogen-bond donors (Lipinski definition) is 0. The molecule has 2 heterocycles. The molecule has 4 rings (SSSR count). The molecule has 2 aliphatic heterocycles. The normalized spacial score (nSPS) is 23.2. The standard InChI is InChI=1S/C30H44B2O5/c1-21-11-15-23(16-12-21)25(20-31-34-27(2,3)28(4,5)35-31)26(19-22-13-17-24(33-10)18-14-22)32-36-29(6,7)30(8,9)37-32/h11-18,25-26H,19-20H2,1-10H3/t25-,26-/m0/s1. The van der Waals surface area contributed by atoms with Gasteiger partial charge >= 0.3 is 14.2 Å². The number of rotatable bonds is 8. The fourth-order valence-electron chi connectivity index (χ4n) is 5.17. The Labute approximate surface area is 224 Å². The topological polar surface area (TPSA) is 46.2 Å². The summed E-state index contributed by atoms with van der Waals surface area (Å²) in [7, 11) is 0.998. The SMILES string of the molecule is COc1ccc(C[C@H](B2OC(C)(C)C(C)(C)O2)[C@@H](CB2OC(C)(C)C(C)(C)O2)c2ccc(C)cc2)cc1. The zero-order valence-electron chi connectivity index (χ0n) is 24.4. The summed E-state index contributed by atoms with van der Waals surface area (Å²) in [4.78, 5) is 0. The summed E-state index contributed by atoms with van der Waals surface area (Å²) in [6.07, 6.45) is 1.50. The van der Waals surface area contributed by atoms with Crippen molar-refractivity contribution in [3.63, 3.8) is 0 Å². The molecule has 0 saturated carbocycles. The van der Waals surface area contributed by atoms with Crippen molar-refractivity contribution in [1.29, 1.82) is 0 Å². The molecule has 7 heteroatoms. The van der Waals surface area contributed by atoms with Crippen molar-refractivity contribution in [2.45, 2.75) is 109 Å². The van der Waals surface area contributed by atoms with Crippen molar-refractivity contribution >= 4 is 14.2 Å². The van der Waals surface area contributed by atoms with Crippen molar-refractivity contribution in [2.24, 2.45) is 0 Å². The van der Waals surface area contributed by atoms with Gasteiger partial charge in [-0.3, -0.25) is 0 Å². The highest BCUT2D eigenvalue weighted by Gasteiger charge is 2.57. The van der Waals surface area contributed by atoms with Gasteiger partial charge in [0.1, 0.15) is 5.75 Å². The van der Waals surface area contributed by atoms with E-state index in [0.29, 0.717) is 6.32 Å². The first kappa shape index (κ1) is 28.2. The molecule has 200 valence electrons. The molecule has 5 nitrogen and oxygen atoms in total. The maximum atomic E-state index is 6.69. The van der Waals surface area contributed by atoms with Crippen LogP contribution in [0.5, 0.6) is 5.75 Å². The lowest BCUT2D eigenvalue weighted by molar-refractivity contribution is 0.00578.